The summed E-state index contributed by atoms with van der Waals surface area (Å²) in [6.07, 6.45) is 1.11. The third kappa shape index (κ3) is 2.97. The number of carbonyl (C=O) groups is 1. The highest BCUT2D eigenvalue weighted by Gasteiger charge is 2.43. The maximum atomic E-state index is 12.9. The van der Waals surface area contributed by atoms with Crippen LogP contribution in [0.5, 0.6) is 0 Å². The highest BCUT2D eigenvalue weighted by molar-refractivity contribution is 5.97. The van der Waals surface area contributed by atoms with E-state index in [9.17, 15) is 18.0 Å². The van der Waals surface area contributed by atoms with Crippen LogP contribution in [0.4, 0.5) is 13.2 Å². The van der Waals surface area contributed by atoms with Crippen LogP contribution in [-0.4, -0.2) is 44.4 Å². The lowest BCUT2D eigenvalue weighted by atomic mass is 9.97. The van der Waals surface area contributed by atoms with Crippen LogP contribution in [0.25, 0.3) is 5.82 Å². The van der Waals surface area contributed by atoms with E-state index in [2.05, 4.69) is 5.10 Å². The number of aryl methyl sites for hydroxylation is 1. The lowest BCUT2D eigenvalue weighted by molar-refractivity contribution is -0.184. The van der Waals surface area contributed by atoms with Crippen molar-refractivity contribution in [2.45, 2.75) is 19.0 Å². The summed E-state index contributed by atoms with van der Waals surface area (Å²) >= 11 is 0. The van der Waals surface area contributed by atoms with Crippen LogP contribution in [0.3, 0.4) is 0 Å². The van der Waals surface area contributed by atoms with Crippen LogP contribution < -0.4 is 0 Å². The Kier molecular flexibility index (Phi) is 3.91. The fraction of sp³-hybridized carbons (Fsp3) is 0.467. The molecular formula is C15H17F3N4O. The largest absolute Gasteiger partial charge is 0.393 e. The molecule has 2 aromatic rings. The first-order valence-electron chi connectivity index (χ1n) is 7.39. The van der Waals surface area contributed by atoms with Crippen LogP contribution in [0.2, 0.25) is 0 Å². The maximum absolute atomic E-state index is 12.9. The third-order valence-electron chi connectivity index (χ3n) is 4.16. The van der Waals surface area contributed by atoms with Crippen molar-refractivity contribution >= 4 is 5.91 Å². The van der Waals surface area contributed by atoms with Crippen LogP contribution in [0, 0.1) is 5.92 Å². The second-order valence-electron chi connectivity index (χ2n) is 5.73. The number of alkyl halides is 3. The molecule has 1 amide bonds. The average Bonchev–Trinajstić information content (AvgIpc) is 3.14. The van der Waals surface area contributed by atoms with Gasteiger partial charge in [0.1, 0.15) is 11.4 Å². The molecule has 23 heavy (non-hydrogen) atoms. The van der Waals surface area contributed by atoms with Crippen molar-refractivity contribution < 1.29 is 18.0 Å². The number of amides is 1. The fourth-order valence-electron chi connectivity index (χ4n) is 2.96. The molecule has 5 nitrogen and oxygen atoms in total. The van der Waals surface area contributed by atoms with Gasteiger partial charge in [0.05, 0.1) is 12.1 Å². The summed E-state index contributed by atoms with van der Waals surface area (Å²) in [6, 6.07) is 3.61. The Morgan fingerprint density at radius 1 is 1.30 bits per heavy atom. The Morgan fingerprint density at radius 3 is 2.65 bits per heavy atom. The molecule has 0 N–H and O–H groups in total. The Hall–Kier alpha value is -2.25. The molecule has 2 aromatic heterocycles. The normalized spacial score (nSPS) is 19.1. The van der Waals surface area contributed by atoms with Crippen molar-refractivity contribution in [1.29, 1.82) is 0 Å². The van der Waals surface area contributed by atoms with Crippen molar-refractivity contribution in [3.8, 4) is 5.82 Å². The van der Waals surface area contributed by atoms with E-state index in [1.807, 2.05) is 12.1 Å². The second kappa shape index (κ2) is 5.75. The first kappa shape index (κ1) is 15.6. The number of likely N-dealkylation sites (tertiary alicyclic amines) is 1. The molecule has 3 heterocycles. The molecule has 0 spiro atoms. The Labute approximate surface area is 131 Å². The number of halogens is 3. The molecular weight excluding hydrogens is 309 g/mol. The number of hydrogen-bond donors (Lipinski definition) is 0. The first-order chi connectivity index (χ1) is 10.9. The van der Waals surface area contributed by atoms with Gasteiger partial charge in [-0.3, -0.25) is 9.48 Å². The molecule has 1 saturated heterocycles. The summed E-state index contributed by atoms with van der Waals surface area (Å²) in [7, 11) is 1.70. The summed E-state index contributed by atoms with van der Waals surface area (Å²) < 4.78 is 42.1. The zero-order valence-electron chi connectivity index (χ0n) is 12.6. The zero-order valence-corrected chi connectivity index (χ0v) is 12.6. The van der Waals surface area contributed by atoms with Gasteiger partial charge in [0.15, 0.2) is 0 Å². The summed E-state index contributed by atoms with van der Waals surface area (Å²) in [5, 5.41) is 4.08. The van der Waals surface area contributed by atoms with E-state index in [1.165, 1.54) is 11.1 Å². The molecule has 0 aromatic carbocycles. The van der Waals surface area contributed by atoms with E-state index < -0.39 is 18.0 Å². The number of carbonyl (C=O) groups excluding carboxylic acids is 1. The van der Waals surface area contributed by atoms with Gasteiger partial charge in [0.25, 0.3) is 5.91 Å². The SMILES string of the molecule is Cn1ncc(C(=O)N2CCCC(C(F)(F)F)C2)c1-n1cccc1. The van der Waals surface area contributed by atoms with Gasteiger partial charge in [0.2, 0.25) is 0 Å². The summed E-state index contributed by atoms with van der Waals surface area (Å²) in [4.78, 5) is 14.0. The van der Waals surface area contributed by atoms with Crippen molar-refractivity contribution in [3.63, 3.8) is 0 Å². The van der Waals surface area contributed by atoms with E-state index in [-0.39, 0.29) is 13.0 Å². The number of nitrogens with zero attached hydrogens (tertiary/aromatic N) is 4. The molecule has 0 radical (unpaired) electrons. The van der Waals surface area contributed by atoms with Crippen LogP contribution >= 0.6 is 0 Å². The van der Waals surface area contributed by atoms with Gasteiger partial charge in [-0.15, -0.1) is 0 Å². The van der Waals surface area contributed by atoms with Gasteiger partial charge in [-0.2, -0.15) is 18.3 Å². The Bertz CT molecular complexity index is 690. The third-order valence-corrected chi connectivity index (χ3v) is 4.16. The molecule has 8 heteroatoms. The van der Waals surface area contributed by atoms with Crippen molar-refractivity contribution in [2.75, 3.05) is 13.1 Å². The van der Waals surface area contributed by atoms with Gasteiger partial charge in [0, 0.05) is 32.5 Å². The van der Waals surface area contributed by atoms with Crippen molar-refractivity contribution in [2.24, 2.45) is 13.0 Å². The standard InChI is InChI=1S/C15H17F3N4O/c1-20-13(21-6-2-3-7-21)12(9-19-20)14(23)22-8-4-5-11(10-22)15(16,17)18/h2-3,6-7,9,11H,4-5,8,10H2,1H3. The van der Waals surface area contributed by atoms with Crippen molar-refractivity contribution in [1.82, 2.24) is 19.2 Å². The number of aromatic nitrogens is 3. The smallest absolute Gasteiger partial charge is 0.338 e. The molecule has 124 valence electrons. The van der Waals surface area contributed by atoms with Crippen LogP contribution in [0.15, 0.2) is 30.7 Å². The van der Waals surface area contributed by atoms with Crippen molar-refractivity contribution in [3.05, 3.63) is 36.3 Å². The van der Waals surface area contributed by atoms with E-state index in [0.29, 0.717) is 24.3 Å². The summed E-state index contributed by atoms with van der Waals surface area (Å²) in [5.74, 6) is -1.31. The maximum Gasteiger partial charge on any atom is 0.393 e. The zero-order chi connectivity index (χ0) is 16.6. The summed E-state index contributed by atoms with van der Waals surface area (Å²) in [5.41, 5.74) is 0.312. The Balaban J connectivity index is 1.87. The van der Waals surface area contributed by atoms with Crippen LogP contribution in [-0.2, 0) is 7.05 Å². The molecule has 1 atom stereocenters. The van der Waals surface area contributed by atoms with Gasteiger partial charge in [-0.25, -0.2) is 0 Å². The minimum atomic E-state index is -4.27. The lowest BCUT2D eigenvalue weighted by Gasteiger charge is -2.33. The second-order valence-corrected chi connectivity index (χ2v) is 5.73. The van der Waals surface area contributed by atoms with E-state index >= 15 is 0 Å². The highest BCUT2D eigenvalue weighted by Crippen LogP contribution is 2.33. The molecule has 1 fully saturated rings. The topological polar surface area (TPSA) is 43.1 Å². The summed E-state index contributed by atoms with van der Waals surface area (Å²) in [6.45, 7) is 0.0494. The number of rotatable bonds is 2. The minimum absolute atomic E-state index is 0.0742. The predicted molar refractivity (Wildman–Crippen MR) is 77.2 cm³/mol. The van der Waals surface area contributed by atoms with E-state index in [1.54, 1.807) is 28.7 Å². The minimum Gasteiger partial charge on any atom is -0.338 e. The quantitative estimate of drug-likeness (QED) is 0.851. The Morgan fingerprint density at radius 2 is 2.00 bits per heavy atom. The lowest BCUT2D eigenvalue weighted by Crippen LogP contribution is -2.44. The van der Waals surface area contributed by atoms with E-state index in [0.717, 1.165) is 0 Å². The first-order valence-corrected chi connectivity index (χ1v) is 7.39. The molecule has 1 aliphatic rings. The van der Waals surface area contributed by atoms with E-state index in [4.69, 9.17) is 0 Å². The predicted octanol–water partition coefficient (Wildman–Crippen LogP) is 2.63. The van der Waals surface area contributed by atoms with Gasteiger partial charge in [-0.05, 0) is 25.0 Å². The highest BCUT2D eigenvalue weighted by atomic mass is 19.4. The number of hydrogen-bond acceptors (Lipinski definition) is 2. The molecule has 0 saturated carbocycles. The fourth-order valence-corrected chi connectivity index (χ4v) is 2.96. The molecule has 0 aliphatic carbocycles. The molecule has 1 aliphatic heterocycles. The van der Waals surface area contributed by atoms with Gasteiger partial charge in [-0.1, -0.05) is 0 Å². The number of piperidine rings is 1. The monoisotopic (exact) mass is 326 g/mol. The van der Waals surface area contributed by atoms with Gasteiger partial charge >= 0.3 is 6.18 Å². The molecule has 3 rings (SSSR count). The van der Waals surface area contributed by atoms with Crippen LogP contribution in [0.1, 0.15) is 23.2 Å². The molecule has 1 unspecified atom stereocenters. The average molecular weight is 326 g/mol. The van der Waals surface area contributed by atoms with Gasteiger partial charge < -0.3 is 9.47 Å². The molecule has 0 bridgehead atoms.